The molecule has 2 heterocycles. The van der Waals surface area contributed by atoms with Gasteiger partial charge in [-0.15, -0.1) is 5.10 Å². The smallest absolute Gasteiger partial charge is 0.223 e. The number of carbonyl (C=O) groups is 1. The van der Waals surface area contributed by atoms with Gasteiger partial charge in [-0.25, -0.2) is 4.68 Å². The highest BCUT2D eigenvalue weighted by Gasteiger charge is 2.32. The Morgan fingerprint density at radius 1 is 1.03 bits per heavy atom. The van der Waals surface area contributed by atoms with E-state index in [4.69, 9.17) is 9.47 Å². The Kier molecular flexibility index (Phi) is 6.82. The second-order valence-electron chi connectivity index (χ2n) is 7.74. The normalized spacial score (nSPS) is 13.6. The van der Waals surface area contributed by atoms with Crippen LogP contribution in [0.15, 0.2) is 60.8 Å². The zero-order chi connectivity index (χ0) is 21.5. The summed E-state index contributed by atoms with van der Waals surface area (Å²) in [6.45, 7) is 4.53. The van der Waals surface area contributed by atoms with Crippen LogP contribution in [0.2, 0.25) is 0 Å². The van der Waals surface area contributed by atoms with E-state index in [9.17, 15) is 4.79 Å². The second kappa shape index (κ2) is 10.1. The molecule has 0 radical (unpaired) electrons. The van der Waals surface area contributed by atoms with Crippen molar-refractivity contribution in [2.75, 3.05) is 19.7 Å². The lowest BCUT2D eigenvalue weighted by Crippen LogP contribution is -2.51. The van der Waals surface area contributed by atoms with E-state index in [1.54, 1.807) is 0 Å². The fraction of sp³-hybridized carbons (Fsp3) is 0.375. The van der Waals surface area contributed by atoms with Crippen LogP contribution >= 0.6 is 0 Å². The van der Waals surface area contributed by atoms with Crippen molar-refractivity contribution < 1.29 is 14.3 Å². The number of likely N-dealkylation sites (tertiary alicyclic amines) is 1. The number of rotatable bonds is 10. The van der Waals surface area contributed by atoms with Crippen molar-refractivity contribution in [1.82, 2.24) is 19.9 Å². The van der Waals surface area contributed by atoms with Gasteiger partial charge in [0.2, 0.25) is 5.91 Å². The number of amides is 1. The van der Waals surface area contributed by atoms with Crippen LogP contribution in [-0.2, 0) is 17.8 Å². The molecule has 2 aromatic carbocycles. The number of aryl methyl sites for hydroxylation is 1. The zero-order valence-electron chi connectivity index (χ0n) is 17.8. The van der Waals surface area contributed by atoms with Crippen molar-refractivity contribution >= 4 is 5.91 Å². The molecule has 31 heavy (non-hydrogen) atoms. The summed E-state index contributed by atoms with van der Waals surface area (Å²) >= 11 is 0. The molecule has 7 heteroatoms. The van der Waals surface area contributed by atoms with Gasteiger partial charge in [0.05, 0.1) is 18.8 Å². The Balaban J connectivity index is 1.18. The molecule has 1 fully saturated rings. The van der Waals surface area contributed by atoms with Crippen LogP contribution in [0.25, 0.3) is 0 Å². The van der Waals surface area contributed by atoms with Crippen molar-refractivity contribution in [3.05, 3.63) is 72.1 Å². The van der Waals surface area contributed by atoms with Gasteiger partial charge < -0.3 is 14.4 Å². The lowest BCUT2D eigenvalue weighted by Gasteiger charge is -2.39. The first-order valence-corrected chi connectivity index (χ1v) is 10.8. The van der Waals surface area contributed by atoms with Gasteiger partial charge in [-0.2, -0.15) is 0 Å². The molecule has 0 saturated carbocycles. The van der Waals surface area contributed by atoms with E-state index >= 15 is 0 Å². The predicted octanol–water partition coefficient (Wildman–Crippen LogP) is 3.66. The van der Waals surface area contributed by atoms with Gasteiger partial charge in [-0.3, -0.25) is 4.79 Å². The second-order valence-corrected chi connectivity index (χ2v) is 7.74. The third kappa shape index (κ3) is 5.63. The summed E-state index contributed by atoms with van der Waals surface area (Å²) in [5.41, 5.74) is 1.92. The minimum atomic E-state index is 0.176. The summed E-state index contributed by atoms with van der Waals surface area (Å²) in [7, 11) is 0. The molecule has 7 nitrogen and oxygen atoms in total. The summed E-state index contributed by atoms with van der Waals surface area (Å²) in [5, 5.41) is 8.38. The van der Waals surface area contributed by atoms with Crippen molar-refractivity contribution in [1.29, 1.82) is 0 Å². The van der Waals surface area contributed by atoms with Crippen molar-refractivity contribution in [2.45, 2.75) is 38.8 Å². The molecule has 0 atom stereocenters. The van der Waals surface area contributed by atoms with Crippen LogP contribution in [0.5, 0.6) is 11.5 Å². The quantitative estimate of drug-likeness (QED) is 0.501. The van der Waals surface area contributed by atoms with Crippen molar-refractivity contribution in [2.24, 2.45) is 0 Å². The minimum absolute atomic E-state index is 0.176. The Morgan fingerprint density at radius 3 is 2.52 bits per heavy atom. The summed E-state index contributed by atoms with van der Waals surface area (Å²) < 4.78 is 13.1. The van der Waals surface area contributed by atoms with Crippen LogP contribution in [0, 0.1) is 0 Å². The highest BCUT2D eigenvalue weighted by molar-refractivity contribution is 5.77. The molecule has 4 rings (SSSR count). The van der Waals surface area contributed by atoms with Crippen LogP contribution < -0.4 is 9.47 Å². The maximum absolute atomic E-state index is 12.5. The van der Waals surface area contributed by atoms with E-state index < -0.39 is 0 Å². The number of carbonyl (C=O) groups excluding carboxylic acids is 1. The standard InChI is InChI=1S/C24H28N4O3/c1-2-14-30-23-11-8-19(9-12-23)10-13-24(29)27-16-21(17-27)28-15-20(25-26-28)18-31-22-6-4-3-5-7-22/h3-9,11-12,15,21H,2,10,13-14,16-18H2,1H3. The molecule has 3 aromatic rings. The molecule has 0 aliphatic carbocycles. The third-order valence-corrected chi connectivity index (χ3v) is 5.30. The maximum atomic E-state index is 12.5. The van der Waals surface area contributed by atoms with E-state index in [1.807, 2.05) is 70.4 Å². The number of hydrogen-bond acceptors (Lipinski definition) is 5. The molecular weight excluding hydrogens is 392 g/mol. The topological polar surface area (TPSA) is 69.5 Å². The highest BCUT2D eigenvalue weighted by Crippen LogP contribution is 2.22. The first-order chi connectivity index (χ1) is 15.2. The molecule has 162 valence electrons. The Labute approximate surface area is 182 Å². The van der Waals surface area contributed by atoms with Crippen molar-refractivity contribution in [3.63, 3.8) is 0 Å². The SMILES string of the molecule is CCCOc1ccc(CCC(=O)N2CC(n3cc(COc4ccccc4)nn3)C2)cc1. The fourth-order valence-electron chi connectivity index (χ4n) is 3.44. The highest BCUT2D eigenvalue weighted by atomic mass is 16.5. The van der Waals surface area contributed by atoms with E-state index in [0.29, 0.717) is 26.1 Å². The van der Waals surface area contributed by atoms with Gasteiger partial charge in [0.1, 0.15) is 23.8 Å². The van der Waals surface area contributed by atoms with E-state index in [0.717, 1.165) is 42.2 Å². The molecule has 1 aliphatic heterocycles. The van der Waals surface area contributed by atoms with Gasteiger partial charge in [0.15, 0.2) is 0 Å². The van der Waals surface area contributed by atoms with Gasteiger partial charge in [-0.05, 0) is 42.7 Å². The number of ether oxygens (including phenoxy) is 2. The average Bonchev–Trinajstić information content (AvgIpc) is 3.23. The van der Waals surface area contributed by atoms with Crippen LogP contribution in [0.3, 0.4) is 0 Å². The van der Waals surface area contributed by atoms with Crippen LogP contribution in [-0.4, -0.2) is 45.5 Å². The zero-order valence-corrected chi connectivity index (χ0v) is 17.8. The van der Waals surface area contributed by atoms with Gasteiger partial charge in [0.25, 0.3) is 0 Å². The predicted molar refractivity (Wildman–Crippen MR) is 117 cm³/mol. The van der Waals surface area contributed by atoms with Gasteiger partial charge in [-0.1, -0.05) is 42.5 Å². The van der Waals surface area contributed by atoms with E-state index in [1.165, 1.54) is 0 Å². The number of hydrogen-bond donors (Lipinski definition) is 0. The largest absolute Gasteiger partial charge is 0.494 e. The molecule has 0 unspecified atom stereocenters. The first kappa shape index (κ1) is 20.9. The summed E-state index contributed by atoms with van der Waals surface area (Å²) in [5.74, 6) is 1.86. The Bertz CT molecular complexity index is 966. The Morgan fingerprint density at radius 2 is 1.77 bits per heavy atom. The van der Waals surface area contributed by atoms with Crippen LogP contribution in [0.1, 0.15) is 37.1 Å². The monoisotopic (exact) mass is 420 g/mol. The molecule has 1 saturated heterocycles. The average molecular weight is 421 g/mol. The van der Waals surface area contributed by atoms with Crippen LogP contribution in [0.4, 0.5) is 0 Å². The number of benzene rings is 2. The minimum Gasteiger partial charge on any atom is -0.494 e. The number of para-hydroxylation sites is 1. The molecule has 0 bridgehead atoms. The van der Waals surface area contributed by atoms with E-state index in [2.05, 4.69) is 17.2 Å². The lowest BCUT2D eigenvalue weighted by atomic mass is 10.1. The first-order valence-electron chi connectivity index (χ1n) is 10.8. The van der Waals surface area contributed by atoms with Crippen molar-refractivity contribution in [3.8, 4) is 11.5 Å². The molecule has 1 amide bonds. The number of aromatic nitrogens is 3. The summed E-state index contributed by atoms with van der Waals surface area (Å²) in [6, 6.07) is 17.8. The molecule has 0 N–H and O–H groups in total. The summed E-state index contributed by atoms with van der Waals surface area (Å²) in [6.07, 6.45) is 4.13. The lowest BCUT2D eigenvalue weighted by molar-refractivity contribution is -0.137. The van der Waals surface area contributed by atoms with Gasteiger partial charge in [0, 0.05) is 19.5 Å². The molecule has 1 aliphatic rings. The Hall–Kier alpha value is -3.35. The third-order valence-electron chi connectivity index (χ3n) is 5.30. The fourth-order valence-corrected chi connectivity index (χ4v) is 3.44. The molecule has 1 aromatic heterocycles. The molecule has 0 spiro atoms. The van der Waals surface area contributed by atoms with Gasteiger partial charge >= 0.3 is 0 Å². The molecular formula is C24H28N4O3. The maximum Gasteiger partial charge on any atom is 0.223 e. The van der Waals surface area contributed by atoms with E-state index in [-0.39, 0.29) is 11.9 Å². The summed E-state index contributed by atoms with van der Waals surface area (Å²) in [4.78, 5) is 14.4. The number of nitrogens with zero attached hydrogens (tertiary/aromatic N) is 4.